The summed E-state index contributed by atoms with van der Waals surface area (Å²) in [6.07, 6.45) is 17.5. The highest BCUT2D eigenvalue weighted by Gasteiger charge is 2.21. The summed E-state index contributed by atoms with van der Waals surface area (Å²) in [6.45, 7) is 10.8. The molecule has 0 saturated heterocycles. The van der Waals surface area contributed by atoms with E-state index < -0.39 is 0 Å². The molecule has 2 heterocycles. The Balaban J connectivity index is 1.51. The number of aliphatic imine (C=N–C) groups is 2. The van der Waals surface area contributed by atoms with E-state index in [-0.39, 0.29) is 11.4 Å². The first-order chi connectivity index (χ1) is 20.1. The van der Waals surface area contributed by atoms with E-state index in [2.05, 4.69) is 46.7 Å². The molecule has 0 bridgehead atoms. The molecule has 0 saturated carbocycles. The minimum atomic E-state index is -0.365. The van der Waals surface area contributed by atoms with E-state index in [4.69, 9.17) is 9.84 Å². The molecule has 2 aliphatic rings. The number of carbonyl (C=O) groups is 1. The Kier molecular flexibility index (Phi) is 9.75. The summed E-state index contributed by atoms with van der Waals surface area (Å²) in [7, 11) is 1.69. The molecule has 1 aromatic carbocycles. The fraction of sp³-hybridized carbons (Fsp3) is 0.273. The van der Waals surface area contributed by atoms with Crippen molar-refractivity contribution < 1.29 is 9.53 Å². The number of allylic oxidation sites excluding steroid dienone is 9. The van der Waals surface area contributed by atoms with Gasteiger partial charge in [0.2, 0.25) is 5.96 Å². The summed E-state index contributed by atoms with van der Waals surface area (Å²) < 4.78 is 8.00. The van der Waals surface area contributed by atoms with Gasteiger partial charge in [0.25, 0.3) is 0 Å². The van der Waals surface area contributed by atoms with Gasteiger partial charge in [0, 0.05) is 30.4 Å². The van der Waals surface area contributed by atoms with E-state index in [1.54, 1.807) is 17.9 Å². The van der Waals surface area contributed by atoms with Crippen molar-refractivity contribution in [3.63, 3.8) is 0 Å². The van der Waals surface area contributed by atoms with Crippen LogP contribution in [0.3, 0.4) is 0 Å². The summed E-state index contributed by atoms with van der Waals surface area (Å²) in [5, 5.41) is 13.9. The second-order valence-corrected chi connectivity index (χ2v) is 11.0. The van der Waals surface area contributed by atoms with Crippen LogP contribution in [0.5, 0.6) is 0 Å². The topological polar surface area (TPSA) is 105 Å². The minimum absolute atomic E-state index is 0.185. The quantitative estimate of drug-likeness (QED) is 0.391. The summed E-state index contributed by atoms with van der Waals surface area (Å²) in [4.78, 5) is 21.5. The second kappa shape index (κ2) is 13.6. The SMILES string of the molecule is CN=C1N=CC=C(OC2=C\C\C=C(NC(=O)Nc3cc(C(C)(C)C)nn3-c3ccc(C)cc3)/C=C/C=C/C=C/2C)CN1. The number of benzene rings is 1. The molecule has 0 atom stereocenters. The monoisotopic (exact) mass is 565 g/mol. The number of rotatable bonds is 5. The molecule has 2 amide bonds. The maximum atomic E-state index is 13.2. The lowest BCUT2D eigenvalue weighted by Crippen LogP contribution is -2.28. The van der Waals surface area contributed by atoms with E-state index in [0.717, 1.165) is 34.0 Å². The number of guanidine groups is 1. The third kappa shape index (κ3) is 8.30. The molecule has 0 unspecified atom stereocenters. The molecule has 0 radical (unpaired) electrons. The van der Waals surface area contributed by atoms with Crippen LogP contribution in [0, 0.1) is 6.92 Å². The Morgan fingerprint density at radius 3 is 2.57 bits per heavy atom. The third-order valence-corrected chi connectivity index (χ3v) is 6.46. The van der Waals surface area contributed by atoms with Crippen molar-refractivity contribution in [2.45, 2.75) is 46.5 Å². The maximum Gasteiger partial charge on any atom is 0.324 e. The Morgan fingerprint density at radius 1 is 1.05 bits per heavy atom. The van der Waals surface area contributed by atoms with Crippen molar-refractivity contribution in [2.24, 2.45) is 9.98 Å². The summed E-state index contributed by atoms with van der Waals surface area (Å²) in [5.74, 6) is 2.57. The second-order valence-electron chi connectivity index (χ2n) is 11.0. The number of amides is 2. The normalized spacial score (nSPS) is 22.0. The first-order valence-corrected chi connectivity index (χ1v) is 13.9. The highest BCUT2D eigenvalue weighted by atomic mass is 16.5. The molecule has 9 heteroatoms. The van der Waals surface area contributed by atoms with E-state index >= 15 is 0 Å². The molecular formula is C33H39N7O2. The Bertz CT molecular complexity index is 1540. The van der Waals surface area contributed by atoms with E-state index in [0.29, 0.717) is 30.4 Å². The zero-order chi connectivity index (χ0) is 30.1. The van der Waals surface area contributed by atoms with Crippen LogP contribution in [0.25, 0.3) is 5.69 Å². The fourth-order valence-corrected chi connectivity index (χ4v) is 4.05. The van der Waals surface area contributed by atoms with Crippen molar-refractivity contribution in [2.75, 3.05) is 18.9 Å². The van der Waals surface area contributed by atoms with E-state index in [9.17, 15) is 4.79 Å². The van der Waals surface area contributed by atoms with Crippen LogP contribution in [0.4, 0.5) is 10.6 Å². The Hall–Kier alpha value is -4.92. The average Bonchev–Trinajstić information content (AvgIpc) is 3.22. The number of urea groups is 1. The molecule has 1 aromatic heterocycles. The highest BCUT2D eigenvalue weighted by Crippen LogP contribution is 2.26. The highest BCUT2D eigenvalue weighted by molar-refractivity contribution is 5.92. The van der Waals surface area contributed by atoms with Gasteiger partial charge in [0.1, 0.15) is 17.3 Å². The zero-order valence-electron chi connectivity index (χ0n) is 25.1. The molecule has 2 aromatic rings. The summed E-state index contributed by atoms with van der Waals surface area (Å²) in [6, 6.07) is 9.59. The van der Waals surface area contributed by atoms with Crippen LogP contribution in [0.2, 0.25) is 0 Å². The smallest absolute Gasteiger partial charge is 0.324 e. The molecule has 42 heavy (non-hydrogen) atoms. The van der Waals surface area contributed by atoms with E-state index in [1.165, 1.54) is 0 Å². The lowest BCUT2D eigenvalue weighted by molar-refractivity contribution is 0.254. The van der Waals surface area contributed by atoms with Crippen LogP contribution in [0.1, 0.15) is 45.4 Å². The fourth-order valence-electron chi connectivity index (χ4n) is 4.05. The Labute approximate surface area is 247 Å². The molecule has 0 spiro atoms. The van der Waals surface area contributed by atoms with Crippen LogP contribution in [0.15, 0.2) is 112 Å². The number of hydrogen-bond acceptors (Lipinski definition) is 4. The molecule has 3 N–H and O–H groups in total. The number of aryl methyl sites for hydroxylation is 1. The first kappa shape index (κ1) is 30.0. The number of nitrogens with one attached hydrogen (secondary N) is 3. The molecular weight excluding hydrogens is 526 g/mol. The van der Waals surface area contributed by atoms with Gasteiger partial charge in [-0.15, -0.1) is 0 Å². The van der Waals surface area contributed by atoms with Crippen LogP contribution < -0.4 is 16.0 Å². The number of nitrogens with zero attached hydrogens (tertiary/aromatic N) is 4. The summed E-state index contributed by atoms with van der Waals surface area (Å²) in [5.41, 5.74) is 4.33. The molecule has 1 aliphatic carbocycles. The van der Waals surface area contributed by atoms with Crippen LogP contribution >= 0.6 is 0 Å². The number of anilines is 1. The standard InChI is InChI=1S/C33H39N7O2/c1-23-15-17-26(18-16-23)40-30(21-29(39-40)33(3,4)5)38-32(41)37-25-12-9-7-8-11-24(2)28(14-10-13-25)42-27-19-20-35-31(34-6)36-22-27/h7-9,11-21H,10,22H2,1-6H3,(H,34,36)(H2,37,38,41)/b8-7+,12-9+,24-11+,25-13+,28-14+. The van der Waals surface area contributed by atoms with E-state index in [1.807, 2.05) is 92.8 Å². The number of ether oxygens (including phenoxy) is 1. The van der Waals surface area contributed by atoms with Gasteiger partial charge < -0.3 is 15.4 Å². The molecule has 218 valence electrons. The number of carbonyl (C=O) groups excluding carboxylic acids is 1. The maximum absolute atomic E-state index is 13.2. The van der Waals surface area contributed by atoms with Crippen molar-refractivity contribution in [1.29, 1.82) is 0 Å². The molecule has 0 fully saturated rings. The first-order valence-electron chi connectivity index (χ1n) is 13.9. The zero-order valence-corrected chi connectivity index (χ0v) is 25.1. The minimum Gasteiger partial charge on any atom is -0.460 e. The van der Waals surface area contributed by atoms with Gasteiger partial charge >= 0.3 is 6.03 Å². The van der Waals surface area contributed by atoms with Gasteiger partial charge in [0.05, 0.1) is 17.9 Å². The predicted octanol–water partition coefficient (Wildman–Crippen LogP) is 6.39. The lowest BCUT2D eigenvalue weighted by Gasteiger charge is -2.14. The van der Waals surface area contributed by atoms with Gasteiger partial charge in [-0.2, -0.15) is 5.10 Å². The average molecular weight is 566 g/mol. The lowest BCUT2D eigenvalue weighted by atomic mass is 9.92. The summed E-state index contributed by atoms with van der Waals surface area (Å²) >= 11 is 0. The van der Waals surface area contributed by atoms with Gasteiger partial charge in [0.15, 0.2) is 0 Å². The van der Waals surface area contributed by atoms with Crippen molar-refractivity contribution in [3.05, 3.63) is 113 Å². The molecule has 1 aliphatic heterocycles. The van der Waals surface area contributed by atoms with Gasteiger partial charge in [-0.3, -0.25) is 10.3 Å². The number of hydrogen-bond donors (Lipinski definition) is 3. The van der Waals surface area contributed by atoms with Crippen LogP contribution in [-0.4, -0.2) is 41.6 Å². The number of aromatic nitrogens is 2. The van der Waals surface area contributed by atoms with Gasteiger partial charge in [-0.25, -0.2) is 14.5 Å². The Morgan fingerprint density at radius 2 is 1.83 bits per heavy atom. The predicted molar refractivity (Wildman–Crippen MR) is 171 cm³/mol. The largest absolute Gasteiger partial charge is 0.460 e. The third-order valence-electron chi connectivity index (χ3n) is 6.46. The molecule has 9 nitrogen and oxygen atoms in total. The van der Waals surface area contributed by atoms with Gasteiger partial charge in [-0.05, 0) is 56.2 Å². The van der Waals surface area contributed by atoms with Crippen molar-refractivity contribution in [1.82, 2.24) is 20.4 Å². The van der Waals surface area contributed by atoms with Crippen molar-refractivity contribution >= 4 is 24.0 Å². The van der Waals surface area contributed by atoms with Crippen molar-refractivity contribution in [3.8, 4) is 5.69 Å². The molecule has 4 rings (SSSR count). The van der Waals surface area contributed by atoms with Crippen LogP contribution in [-0.2, 0) is 10.2 Å². The van der Waals surface area contributed by atoms with Gasteiger partial charge in [-0.1, -0.05) is 68.8 Å².